The SMILES string of the molecule is CCOS(=O)(=O)c1cccc2c(=O)c(=O)c(=NN=N)c(=N[N+]#N)c12. The van der Waals surface area contributed by atoms with Crippen LogP contribution in [0.5, 0.6) is 0 Å². The maximum absolute atomic E-state index is 12.2. The first kappa shape index (κ1) is 17.2. The molecule has 0 aliphatic heterocycles. The predicted octanol–water partition coefficient (Wildman–Crippen LogP) is -0.324. The average Bonchev–Trinajstić information content (AvgIpc) is 2.55. The van der Waals surface area contributed by atoms with E-state index in [1.807, 2.05) is 0 Å². The van der Waals surface area contributed by atoms with E-state index in [1.54, 1.807) is 0 Å². The Hall–Kier alpha value is -3.17. The topological polar surface area (TPSA) is 167 Å². The quantitative estimate of drug-likeness (QED) is 0.261. The Morgan fingerprint density at radius 2 is 1.96 bits per heavy atom. The van der Waals surface area contributed by atoms with Gasteiger partial charge in [-0.15, -0.1) is 5.10 Å². The summed E-state index contributed by atoms with van der Waals surface area (Å²) in [4.78, 5) is 23.8. The van der Waals surface area contributed by atoms with Gasteiger partial charge in [0.1, 0.15) is 4.90 Å². The molecule has 0 amide bonds. The minimum Gasteiger partial charge on any atom is -0.285 e. The monoisotopic (exact) mass is 349 g/mol. The van der Waals surface area contributed by atoms with Crippen LogP contribution in [0.15, 0.2) is 48.1 Å². The van der Waals surface area contributed by atoms with Gasteiger partial charge in [-0.25, -0.2) is 0 Å². The number of benzene rings is 2. The lowest BCUT2D eigenvalue weighted by atomic mass is 10.1. The fourth-order valence-electron chi connectivity index (χ4n) is 2.13. The van der Waals surface area contributed by atoms with E-state index in [0.717, 1.165) is 6.07 Å². The van der Waals surface area contributed by atoms with E-state index in [1.165, 1.54) is 19.1 Å². The maximum Gasteiger partial charge on any atom is 0.339 e. The summed E-state index contributed by atoms with van der Waals surface area (Å²) in [5, 5.41) is 18.6. The molecule has 0 saturated carbocycles. The summed E-state index contributed by atoms with van der Waals surface area (Å²) in [6, 6.07) is 3.60. The third-order valence-corrected chi connectivity index (χ3v) is 4.42. The second-order valence-corrected chi connectivity index (χ2v) is 5.87. The average molecular weight is 349 g/mol. The Labute approximate surface area is 133 Å². The van der Waals surface area contributed by atoms with Gasteiger partial charge in [0, 0.05) is 10.8 Å². The van der Waals surface area contributed by atoms with E-state index < -0.39 is 36.6 Å². The summed E-state index contributed by atoms with van der Waals surface area (Å²) in [5.74, 6) is 0. The van der Waals surface area contributed by atoms with Crippen LogP contribution in [0.3, 0.4) is 0 Å². The van der Waals surface area contributed by atoms with Crippen LogP contribution in [-0.4, -0.2) is 15.0 Å². The first-order valence-electron chi connectivity index (χ1n) is 6.37. The number of rotatable bonds is 4. The van der Waals surface area contributed by atoms with Crippen molar-refractivity contribution in [3.05, 3.63) is 54.4 Å². The van der Waals surface area contributed by atoms with Gasteiger partial charge in [-0.2, -0.15) is 13.9 Å². The van der Waals surface area contributed by atoms with Crippen molar-refractivity contribution in [1.29, 1.82) is 10.9 Å². The van der Waals surface area contributed by atoms with Gasteiger partial charge in [-0.1, -0.05) is 17.4 Å². The van der Waals surface area contributed by atoms with Crippen LogP contribution in [-0.2, 0) is 14.3 Å². The number of nitrogens with zero attached hydrogens (tertiary/aromatic N) is 5. The molecule has 0 bridgehead atoms. The molecule has 2 aromatic carbocycles. The third-order valence-electron chi connectivity index (χ3n) is 2.99. The van der Waals surface area contributed by atoms with E-state index in [0.29, 0.717) is 0 Å². The molecule has 24 heavy (non-hydrogen) atoms. The first-order chi connectivity index (χ1) is 11.4. The van der Waals surface area contributed by atoms with Crippen molar-refractivity contribution >= 4 is 20.9 Å². The van der Waals surface area contributed by atoms with Crippen LogP contribution < -0.4 is 21.6 Å². The number of nitrogens with one attached hydrogen (secondary N) is 1. The minimum atomic E-state index is -4.28. The molecule has 2 rings (SSSR count). The molecule has 11 nitrogen and oxygen atoms in total. The van der Waals surface area contributed by atoms with Crippen LogP contribution >= 0.6 is 0 Å². The number of hydrogen-bond donors (Lipinski definition) is 1. The van der Waals surface area contributed by atoms with Gasteiger partial charge in [0.2, 0.25) is 5.43 Å². The van der Waals surface area contributed by atoms with Crippen molar-refractivity contribution in [3.63, 3.8) is 0 Å². The van der Waals surface area contributed by atoms with Crippen molar-refractivity contribution < 1.29 is 12.6 Å². The second kappa shape index (κ2) is 6.52. The Morgan fingerprint density at radius 1 is 1.25 bits per heavy atom. The van der Waals surface area contributed by atoms with Gasteiger partial charge < -0.3 is 0 Å². The minimum absolute atomic E-state index is 0.168. The van der Waals surface area contributed by atoms with Crippen molar-refractivity contribution in [2.75, 3.05) is 6.61 Å². The summed E-state index contributed by atoms with van der Waals surface area (Å²) in [7, 11) is -4.28. The molecule has 0 aliphatic rings. The molecule has 0 fully saturated rings. The Bertz CT molecular complexity index is 1200. The highest BCUT2D eigenvalue weighted by Crippen LogP contribution is 2.19. The van der Waals surface area contributed by atoms with E-state index >= 15 is 0 Å². The Balaban J connectivity index is 3.32. The lowest BCUT2D eigenvalue weighted by Crippen LogP contribution is -2.48. The van der Waals surface area contributed by atoms with E-state index in [2.05, 4.69) is 20.5 Å². The van der Waals surface area contributed by atoms with Crippen LogP contribution in [0.2, 0.25) is 0 Å². The maximum atomic E-state index is 12.2. The molecule has 0 saturated heterocycles. The van der Waals surface area contributed by atoms with Gasteiger partial charge in [-0.3, -0.25) is 13.8 Å². The fraction of sp³-hybridized carbons (Fsp3) is 0.167. The molecule has 0 unspecified atom stereocenters. The zero-order chi connectivity index (χ0) is 17.9. The van der Waals surface area contributed by atoms with Crippen molar-refractivity contribution in [2.45, 2.75) is 11.8 Å². The molecule has 2 aromatic rings. The summed E-state index contributed by atoms with van der Waals surface area (Å²) in [5.41, 5.74) is 4.51. The highest BCUT2D eigenvalue weighted by atomic mass is 32.2. The van der Waals surface area contributed by atoms with Crippen LogP contribution in [0, 0.1) is 10.9 Å². The van der Waals surface area contributed by atoms with Crippen molar-refractivity contribution in [3.8, 4) is 0 Å². The zero-order valence-corrected chi connectivity index (χ0v) is 12.9. The highest BCUT2D eigenvalue weighted by molar-refractivity contribution is 7.87. The Kier molecular flexibility index (Phi) is 4.67. The molecule has 0 spiro atoms. The van der Waals surface area contributed by atoms with E-state index in [9.17, 15) is 18.0 Å². The molecule has 0 atom stereocenters. The fourth-order valence-corrected chi connectivity index (χ4v) is 3.27. The first-order valence-corrected chi connectivity index (χ1v) is 7.78. The summed E-state index contributed by atoms with van der Waals surface area (Å²) in [6.45, 7) is 1.28. The van der Waals surface area contributed by atoms with Gasteiger partial charge in [0.15, 0.2) is 15.8 Å². The number of hydrogen-bond acceptors (Lipinski definition) is 9. The molecule has 122 valence electrons. The summed E-state index contributed by atoms with van der Waals surface area (Å²) >= 11 is 0. The third kappa shape index (κ3) is 2.73. The standard InChI is InChI=1S/C12H9N6O5S/c1-2-23-24(21,22)7-5-3-4-6-8(7)9(15-17-13)10(16-18-14)12(20)11(6)19/h3-5,14H,2H2,1H3/q+1. The normalized spacial score (nSPS) is 13.2. The molecule has 0 heterocycles. The molecule has 0 aromatic heterocycles. The molecular weight excluding hydrogens is 340 g/mol. The van der Waals surface area contributed by atoms with Crippen molar-refractivity contribution in [2.24, 2.45) is 15.4 Å². The van der Waals surface area contributed by atoms with Crippen LogP contribution in [0.1, 0.15) is 6.92 Å². The highest BCUT2D eigenvalue weighted by Gasteiger charge is 2.23. The van der Waals surface area contributed by atoms with Crippen molar-refractivity contribution in [1.82, 2.24) is 0 Å². The van der Waals surface area contributed by atoms with E-state index in [4.69, 9.17) is 15.1 Å². The molecular formula is C12H9N6O5S+. The second-order valence-electron chi connectivity index (χ2n) is 4.28. The van der Waals surface area contributed by atoms with Gasteiger partial charge >= 0.3 is 5.08 Å². The molecule has 0 radical (unpaired) electrons. The van der Waals surface area contributed by atoms with Gasteiger partial charge in [0.05, 0.1) is 6.61 Å². The lowest BCUT2D eigenvalue weighted by Gasteiger charge is -2.06. The predicted molar refractivity (Wildman–Crippen MR) is 79.0 cm³/mol. The van der Waals surface area contributed by atoms with Gasteiger partial charge in [-0.05, 0) is 13.0 Å². The summed E-state index contributed by atoms with van der Waals surface area (Å²) < 4.78 is 29.2. The molecule has 1 N–H and O–H groups in total. The largest absolute Gasteiger partial charge is 0.339 e. The lowest BCUT2D eigenvalue weighted by molar-refractivity contribution is 0.338. The Morgan fingerprint density at radius 3 is 2.54 bits per heavy atom. The van der Waals surface area contributed by atoms with E-state index in [-0.39, 0.29) is 17.4 Å². The number of fused-ring (bicyclic) bond motifs is 1. The van der Waals surface area contributed by atoms with Crippen LogP contribution in [0.25, 0.3) is 15.9 Å². The smallest absolute Gasteiger partial charge is 0.285 e. The van der Waals surface area contributed by atoms with Crippen LogP contribution in [0.4, 0.5) is 0 Å². The molecule has 0 aliphatic carbocycles. The number of diazo groups is 1. The molecule has 12 heteroatoms. The van der Waals surface area contributed by atoms with Gasteiger partial charge in [0.25, 0.3) is 20.9 Å². The zero-order valence-electron chi connectivity index (χ0n) is 12.1. The summed E-state index contributed by atoms with van der Waals surface area (Å²) in [6.07, 6.45) is 0.